The number of fused-ring (bicyclic) bond motifs is 3. The number of benzene rings is 2. The second-order valence-corrected chi connectivity index (χ2v) is 6.13. The van der Waals surface area contributed by atoms with Crippen molar-refractivity contribution in [2.45, 2.75) is 37.3 Å². The van der Waals surface area contributed by atoms with E-state index >= 15 is 0 Å². The summed E-state index contributed by atoms with van der Waals surface area (Å²) >= 11 is 0. The molecule has 1 fully saturated rings. The zero-order valence-corrected chi connectivity index (χ0v) is 11.8. The lowest BCUT2D eigenvalue weighted by Gasteiger charge is -2.30. The molecule has 4 heteroatoms. The molecule has 4 rings (SSSR count). The van der Waals surface area contributed by atoms with Crippen molar-refractivity contribution in [2.75, 3.05) is 5.73 Å². The number of nitrogens with two attached hydrogens (primary N) is 2. The van der Waals surface area contributed by atoms with Crippen molar-refractivity contribution in [1.29, 1.82) is 0 Å². The minimum Gasteiger partial charge on any atom is -0.443 e. The molecule has 2 aliphatic rings. The van der Waals surface area contributed by atoms with E-state index in [1.807, 2.05) is 12.1 Å². The molecule has 21 heavy (non-hydrogen) atoms. The molecule has 1 aliphatic heterocycles. The van der Waals surface area contributed by atoms with E-state index in [4.69, 9.17) is 16.2 Å². The Hall–Kier alpha value is -2.07. The van der Waals surface area contributed by atoms with E-state index < -0.39 is 5.72 Å². The van der Waals surface area contributed by atoms with Gasteiger partial charge in [-0.1, -0.05) is 18.2 Å². The van der Waals surface area contributed by atoms with Crippen LogP contribution in [0.5, 0.6) is 0 Å². The number of carbonyl (C=O) groups is 1. The standard InChI is InChI=1S/C17H18N2O2/c18-11-2-4-12-10(9-11)1-3-14-13(12)5-6-15(14)17(19)8-7-16(20)21-17/h1-4,9,15H,5-8,18-19H2. The number of carbonyl (C=O) groups excluding carboxylic acids is 1. The molecule has 1 aliphatic carbocycles. The average Bonchev–Trinajstić information content (AvgIpc) is 3.03. The van der Waals surface area contributed by atoms with Crippen LogP contribution in [0.1, 0.15) is 36.3 Å². The first-order valence-corrected chi connectivity index (χ1v) is 7.38. The first kappa shape index (κ1) is 12.7. The predicted molar refractivity (Wildman–Crippen MR) is 81.7 cm³/mol. The smallest absolute Gasteiger partial charge is 0.307 e. The molecule has 0 saturated carbocycles. The zero-order valence-electron chi connectivity index (χ0n) is 11.8. The third-order valence-electron chi connectivity index (χ3n) is 4.86. The lowest BCUT2D eigenvalue weighted by atomic mass is 9.87. The number of ether oxygens (including phenoxy) is 1. The quantitative estimate of drug-likeness (QED) is 0.622. The minimum atomic E-state index is -0.830. The van der Waals surface area contributed by atoms with Crippen molar-refractivity contribution in [1.82, 2.24) is 0 Å². The fraction of sp³-hybridized carbons (Fsp3) is 0.353. The highest BCUT2D eigenvalue weighted by atomic mass is 16.6. The zero-order chi connectivity index (χ0) is 14.6. The van der Waals surface area contributed by atoms with Crippen LogP contribution in [-0.4, -0.2) is 11.7 Å². The van der Waals surface area contributed by atoms with Crippen LogP contribution in [-0.2, 0) is 16.0 Å². The molecule has 0 spiro atoms. The molecule has 0 aromatic heterocycles. The summed E-state index contributed by atoms with van der Waals surface area (Å²) in [7, 11) is 0. The van der Waals surface area contributed by atoms with Crippen LogP contribution in [0.15, 0.2) is 30.3 Å². The Labute approximate surface area is 123 Å². The van der Waals surface area contributed by atoms with Gasteiger partial charge in [0, 0.05) is 18.0 Å². The fourth-order valence-electron chi connectivity index (χ4n) is 3.84. The van der Waals surface area contributed by atoms with Crippen molar-refractivity contribution in [3.05, 3.63) is 41.5 Å². The van der Waals surface area contributed by atoms with Crippen LogP contribution >= 0.6 is 0 Å². The van der Waals surface area contributed by atoms with Crippen molar-refractivity contribution < 1.29 is 9.53 Å². The highest BCUT2D eigenvalue weighted by Gasteiger charge is 2.46. The van der Waals surface area contributed by atoms with Crippen LogP contribution in [0.25, 0.3) is 10.8 Å². The maximum absolute atomic E-state index is 11.5. The van der Waals surface area contributed by atoms with Gasteiger partial charge >= 0.3 is 5.97 Å². The summed E-state index contributed by atoms with van der Waals surface area (Å²) < 4.78 is 5.44. The Morgan fingerprint density at radius 3 is 2.81 bits per heavy atom. The summed E-state index contributed by atoms with van der Waals surface area (Å²) in [5.41, 5.74) is 14.7. The topological polar surface area (TPSA) is 78.3 Å². The van der Waals surface area contributed by atoms with Crippen LogP contribution in [0, 0.1) is 0 Å². The van der Waals surface area contributed by atoms with Gasteiger partial charge in [-0.2, -0.15) is 0 Å². The number of hydrogen-bond acceptors (Lipinski definition) is 4. The van der Waals surface area contributed by atoms with Crippen molar-refractivity contribution in [3.63, 3.8) is 0 Å². The number of hydrogen-bond donors (Lipinski definition) is 2. The lowest BCUT2D eigenvalue weighted by molar-refractivity contribution is -0.149. The highest BCUT2D eigenvalue weighted by Crippen LogP contribution is 2.46. The van der Waals surface area contributed by atoms with Gasteiger partial charge in [0.05, 0.1) is 6.42 Å². The fourth-order valence-corrected chi connectivity index (χ4v) is 3.84. The number of nitrogen functional groups attached to an aromatic ring is 1. The Morgan fingerprint density at radius 1 is 1.19 bits per heavy atom. The van der Waals surface area contributed by atoms with Gasteiger partial charge in [0.25, 0.3) is 0 Å². The van der Waals surface area contributed by atoms with E-state index in [-0.39, 0.29) is 11.9 Å². The Balaban J connectivity index is 1.82. The highest BCUT2D eigenvalue weighted by molar-refractivity contribution is 5.90. The monoisotopic (exact) mass is 282 g/mol. The summed E-state index contributed by atoms with van der Waals surface area (Å²) in [5, 5.41) is 2.39. The average molecular weight is 282 g/mol. The Morgan fingerprint density at radius 2 is 2.05 bits per heavy atom. The summed E-state index contributed by atoms with van der Waals surface area (Å²) in [6.07, 6.45) is 2.93. The molecule has 4 nitrogen and oxygen atoms in total. The first-order valence-electron chi connectivity index (χ1n) is 7.38. The van der Waals surface area contributed by atoms with Gasteiger partial charge in [-0.25, -0.2) is 0 Å². The summed E-state index contributed by atoms with van der Waals surface area (Å²) in [4.78, 5) is 11.5. The maximum atomic E-state index is 11.5. The summed E-state index contributed by atoms with van der Waals surface area (Å²) in [6, 6.07) is 10.2. The van der Waals surface area contributed by atoms with Crippen LogP contribution in [0.2, 0.25) is 0 Å². The van der Waals surface area contributed by atoms with E-state index in [9.17, 15) is 4.79 Å². The van der Waals surface area contributed by atoms with Gasteiger partial charge in [-0.3, -0.25) is 10.5 Å². The van der Waals surface area contributed by atoms with E-state index in [1.54, 1.807) is 0 Å². The van der Waals surface area contributed by atoms with Crippen molar-refractivity contribution in [2.24, 2.45) is 5.73 Å². The largest absolute Gasteiger partial charge is 0.443 e. The molecule has 0 bridgehead atoms. The number of esters is 1. The lowest BCUT2D eigenvalue weighted by Crippen LogP contribution is -2.44. The van der Waals surface area contributed by atoms with Gasteiger partial charge in [0.15, 0.2) is 5.72 Å². The Bertz CT molecular complexity index is 756. The molecular weight excluding hydrogens is 264 g/mol. The minimum absolute atomic E-state index is 0.0981. The van der Waals surface area contributed by atoms with Crippen LogP contribution in [0.3, 0.4) is 0 Å². The van der Waals surface area contributed by atoms with Crippen LogP contribution in [0.4, 0.5) is 5.69 Å². The van der Waals surface area contributed by atoms with Crippen LogP contribution < -0.4 is 11.5 Å². The SMILES string of the molecule is Nc1ccc2c3c(ccc2c1)C(C1(N)CCC(=O)O1)CC3. The number of cyclic esters (lactones) is 1. The van der Waals surface area contributed by atoms with Gasteiger partial charge in [-0.05, 0) is 46.9 Å². The van der Waals surface area contributed by atoms with E-state index in [0.29, 0.717) is 12.8 Å². The van der Waals surface area contributed by atoms with E-state index in [0.717, 1.165) is 23.9 Å². The van der Waals surface area contributed by atoms with Crippen molar-refractivity contribution >= 4 is 22.4 Å². The first-order chi connectivity index (χ1) is 10.1. The van der Waals surface area contributed by atoms with E-state index in [2.05, 4.69) is 18.2 Å². The van der Waals surface area contributed by atoms with Gasteiger partial charge in [0.2, 0.25) is 0 Å². The number of anilines is 1. The molecular formula is C17H18N2O2. The second-order valence-electron chi connectivity index (χ2n) is 6.13. The van der Waals surface area contributed by atoms with Gasteiger partial charge < -0.3 is 10.5 Å². The predicted octanol–water partition coefficient (Wildman–Crippen LogP) is 2.44. The van der Waals surface area contributed by atoms with Gasteiger partial charge in [-0.15, -0.1) is 0 Å². The molecule has 4 N–H and O–H groups in total. The third-order valence-corrected chi connectivity index (χ3v) is 4.86. The normalized spacial score (nSPS) is 27.9. The maximum Gasteiger partial charge on any atom is 0.307 e. The number of aryl methyl sites for hydroxylation is 1. The van der Waals surface area contributed by atoms with E-state index in [1.165, 1.54) is 16.5 Å². The molecule has 1 heterocycles. The third kappa shape index (κ3) is 1.83. The molecule has 2 unspecified atom stereocenters. The molecule has 0 radical (unpaired) electrons. The molecule has 2 aromatic carbocycles. The molecule has 2 atom stereocenters. The number of rotatable bonds is 1. The second kappa shape index (κ2) is 4.21. The van der Waals surface area contributed by atoms with Crippen molar-refractivity contribution in [3.8, 4) is 0 Å². The molecule has 2 aromatic rings. The summed E-state index contributed by atoms with van der Waals surface area (Å²) in [5.74, 6) is -0.0829. The van der Waals surface area contributed by atoms with Gasteiger partial charge in [0.1, 0.15) is 0 Å². The molecule has 108 valence electrons. The molecule has 0 amide bonds. The Kier molecular flexibility index (Phi) is 2.54. The molecule has 1 saturated heterocycles. The summed E-state index contributed by atoms with van der Waals surface area (Å²) in [6.45, 7) is 0.